The van der Waals surface area contributed by atoms with E-state index >= 15 is 0 Å². The molecule has 1 aliphatic heterocycles. The lowest BCUT2D eigenvalue weighted by Crippen LogP contribution is -1.95. The number of benzene rings is 1. The van der Waals surface area contributed by atoms with Gasteiger partial charge in [0.25, 0.3) is 0 Å². The lowest BCUT2D eigenvalue weighted by molar-refractivity contribution is 1.23. The third-order valence-corrected chi connectivity index (χ3v) is 3.14. The highest BCUT2D eigenvalue weighted by molar-refractivity contribution is 7.99. The summed E-state index contributed by atoms with van der Waals surface area (Å²) in [6.07, 6.45) is 3.51. The molecule has 0 aromatic heterocycles. The van der Waals surface area contributed by atoms with E-state index < -0.39 is 0 Å². The fraction of sp³-hybridized carbons (Fsp3) is 0.273. The Kier molecular flexibility index (Phi) is 2.60. The molecule has 1 aliphatic rings. The first kappa shape index (κ1) is 8.70. The maximum Gasteiger partial charge on any atom is 0.0314 e. The highest BCUT2D eigenvalue weighted by atomic mass is 32.2. The number of rotatable bonds is 1. The fourth-order valence-electron chi connectivity index (χ4n) is 1.49. The van der Waals surface area contributed by atoms with E-state index in [-0.39, 0.29) is 0 Å². The molecule has 0 aliphatic carbocycles. The molecule has 1 heterocycles. The zero-order valence-electron chi connectivity index (χ0n) is 7.49. The number of nitrogen functional groups attached to an aromatic ring is 1. The Hall–Kier alpha value is -0.890. The van der Waals surface area contributed by atoms with Gasteiger partial charge < -0.3 is 5.73 Å². The standard InChI is InChI=1S/C11H13NS/c12-11-3-1-9(2-4-11)10-5-7-13-8-6-10/h1-5H,6-8,12H2. The van der Waals surface area contributed by atoms with Gasteiger partial charge in [-0.1, -0.05) is 18.2 Å². The summed E-state index contributed by atoms with van der Waals surface area (Å²) in [5.41, 5.74) is 9.27. The van der Waals surface area contributed by atoms with Gasteiger partial charge in [-0.25, -0.2) is 0 Å². The lowest BCUT2D eigenvalue weighted by atomic mass is 10.0. The minimum Gasteiger partial charge on any atom is -0.399 e. The van der Waals surface area contributed by atoms with Crippen molar-refractivity contribution in [3.05, 3.63) is 35.9 Å². The molecule has 0 spiro atoms. The second-order valence-electron chi connectivity index (χ2n) is 3.18. The minimum atomic E-state index is 0.842. The first-order valence-electron chi connectivity index (χ1n) is 4.49. The van der Waals surface area contributed by atoms with Gasteiger partial charge in [0, 0.05) is 11.4 Å². The van der Waals surface area contributed by atoms with Crippen LogP contribution >= 0.6 is 11.8 Å². The quantitative estimate of drug-likeness (QED) is 0.691. The van der Waals surface area contributed by atoms with Crippen LogP contribution in [0.25, 0.3) is 5.57 Å². The van der Waals surface area contributed by atoms with Crippen LogP contribution in [0.3, 0.4) is 0 Å². The summed E-state index contributed by atoms with van der Waals surface area (Å²) in [5.74, 6) is 2.40. The van der Waals surface area contributed by atoms with Crippen molar-refractivity contribution in [1.82, 2.24) is 0 Å². The molecule has 0 radical (unpaired) electrons. The summed E-state index contributed by atoms with van der Waals surface area (Å²) in [5, 5.41) is 0. The Balaban J connectivity index is 2.24. The summed E-state index contributed by atoms with van der Waals surface area (Å²) in [7, 11) is 0. The number of allylic oxidation sites excluding steroid dienone is 1. The second kappa shape index (κ2) is 3.88. The molecule has 2 rings (SSSR count). The predicted molar refractivity (Wildman–Crippen MR) is 60.8 cm³/mol. The summed E-state index contributed by atoms with van der Waals surface area (Å²) >= 11 is 2.00. The third kappa shape index (κ3) is 2.07. The topological polar surface area (TPSA) is 26.0 Å². The van der Waals surface area contributed by atoms with Crippen molar-refractivity contribution >= 4 is 23.0 Å². The average Bonchev–Trinajstić information content (AvgIpc) is 2.20. The largest absolute Gasteiger partial charge is 0.399 e. The van der Waals surface area contributed by atoms with Gasteiger partial charge in [-0.05, 0) is 35.4 Å². The molecule has 68 valence electrons. The Labute approximate surface area is 83.0 Å². The van der Waals surface area contributed by atoms with Gasteiger partial charge in [-0.15, -0.1) is 0 Å². The van der Waals surface area contributed by atoms with Crippen molar-refractivity contribution in [2.24, 2.45) is 0 Å². The van der Waals surface area contributed by atoms with Crippen molar-refractivity contribution in [3.8, 4) is 0 Å². The summed E-state index contributed by atoms with van der Waals surface area (Å²) in [4.78, 5) is 0. The van der Waals surface area contributed by atoms with Crippen molar-refractivity contribution in [1.29, 1.82) is 0 Å². The molecule has 0 saturated heterocycles. The van der Waals surface area contributed by atoms with E-state index in [1.54, 1.807) is 0 Å². The number of hydrogen-bond donors (Lipinski definition) is 1. The predicted octanol–water partition coefficient (Wildman–Crippen LogP) is 2.79. The van der Waals surface area contributed by atoms with Crippen molar-refractivity contribution < 1.29 is 0 Å². The Bertz CT molecular complexity index is 313. The van der Waals surface area contributed by atoms with Crippen LogP contribution in [0.15, 0.2) is 30.3 Å². The molecule has 2 N–H and O–H groups in total. The van der Waals surface area contributed by atoms with Crippen LogP contribution in [0.1, 0.15) is 12.0 Å². The van der Waals surface area contributed by atoms with Gasteiger partial charge in [0.15, 0.2) is 0 Å². The van der Waals surface area contributed by atoms with Crippen molar-refractivity contribution in [3.63, 3.8) is 0 Å². The van der Waals surface area contributed by atoms with Crippen LogP contribution in [0.5, 0.6) is 0 Å². The molecule has 1 aromatic carbocycles. The van der Waals surface area contributed by atoms with Crippen LogP contribution in [0.2, 0.25) is 0 Å². The molecule has 0 atom stereocenters. The number of nitrogens with two attached hydrogens (primary N) is 1. The van der Waals surface area contributed by atoms with Gasteiger partial charge in [-0.2, -0.15) is 11.8 Å². The maximum atomic E-state index is 5.63. The van der Waals surface area contributed by atoms with Crippen LogP contribution < -0.4 is 5.73 Å². The average molecular weight is 191 g/mol. The molecule has 13 heavy (non-hydrogen) atoms. The summed E-state index contributed by atoms with van der Waals surface area (Å²) in [6, 6.07) is 8.16. The summed E-state index contributed by atoms with van der Waals surface area (Å²) in [6.45, 7) is 0. The van der Waals surface area contributed by atoms with E-state index in [1.165, 1.54) is 23.3 Å². The van der Waals surface area contributed by atoms with E-state index in [0.29, 0.717) is 0 Å². The molecular weight excluding hydrogens is 178 g/mol. The van der Waals surface area contributed by atoms with E-state index in [0.717, 1.165) is 11.4 Å². The third-order valence-electron chi connectivity index (χ3n) is 2.24. The first-order chi connectivity index (χ1) is 6.36. The van der Waals surface area contributed by atoms with Crippen LogP contribution in [0.4, 0.5) is 5.69 Å². The number of anilines is 1. The highest BCUT2D eigenvalue weighted by Crippen LogP contribution is 2.25. The fourth-order valence-corrected chi connectivity index (χ4v) is 2.34. The Morgan fingerprint density at radius 2 is 1.92 bits per heavy atom. The second-order valence-corrected chi connectivity index (χ2v) is 4.33. The van der Waals surface area contributed by atoms with Gasteiger partial charge in [-0.3, -0.25) is 0 Å². The van der Waals surface area contributed by atoms with Gasteiger partial charge in [0.1, 0.15) is 0 Å². The van der Waals surface area contributed by atoms with Crippen molar-refractivity contribution in [2.45, 2.75) is 6.42 Å². The van der Waals surface area contributed by atoms with E-state index in [9.17, 15) is 0 Å². The van der Waals surface area contributed by atoms with Crippen LogP contribution in [-0.4, -0.2) is 11.5 Å². The molecule has 0 fully saturated rings. The van der Waals surface area contributed by atoms with Gasteiger partial charge in [0.05, 0.1) is 0 Å². The molecular formula is C11H13NS. The zero-order valence-corrected chi connectivity index (χ0v) is 8.31. The van der Waals surface area contributed by atoms with E-state index in [2.05, 4.69) is 18.2 Å². The minimum absolute atomic E-state index is 0.842. The van der Waals surface area contributed by atoms with E-state index in [4.69, 9.17) is 5.73 Å². The Morgan fingerprint density at radius 3 is 2.54 bits per heavy atom. The van der Waals surface area contributed by atoms with Crippen molar-refractivity contribution in [2.75, 3.05) is 17.2 Å². The number of thioether (sulfide) groups is 1. The highest BCUT2D eigenvalue weighted by Gasteiger charge is 2.05. The zero-order chi connectivity index (χ0) is 9.10. The first-order valence-corrected chi connectivity index (χ1v) is 5.64. The van der Waals surface area contributed by atoms with E-state index in [1.807, 2.05) is 23.9 Å². The molecule has 0 saturated carbocycles. The maximum absolute atomic E-state index is 5.63. The monoisotopic (exact) mass is 191 g/mol. The van der Waals surface area contributed by atoms with Gasteiger partial charge in [0.2, 0.25) is 0 Å². The van der Waals surface area contributed by atoms with Crippen LogP contribution in [0, 0.1) is 0 Å². The molecule has 0 bridgehead atoms. The Morgan fingerprint density at radius 1 is 1.15 bits per heavy atom. The molecule has 1 nitrogen and oxygen atoms in total. The molecule has 1 aromatic rings. The smallest absolute Gasteiger partial charge is 0.0314 e. The SMILES string of the molecule is Nc1ccc(C2=CCSCC2)cc1. The van der Waals surface area contributed by atoms with Gasteiger partial charge >= 0.3 is 0 Å². The number of hydrogen-bond acceptors (Lipinski definition) is 2. The molecule has 0 amide bonds. The normalized spacial score (nSPS) is 16.8. The lowest BCUT2D eigenvalue weighted by Gasteiger charge is -2.12. The van der Waals surface area contributed by atoms with Crippen LogP contribution in [-0.2, 0) is 0 Å². The summed E-state index contributed by atoms with van der Waals surface area (Å²) < 4.78 is 0. The molecule has 2 heteroatoms. The molecule has 0 unspecified atom stereocenters.